The molecule has 18 heavy (non-hydrogen) atoms. The highest BCUT2D eigenvalue weighted by Gasteiger charge is 2.35. The van der Waals surface area contributed by atoms with Gasteiger partial charge < -0.3 is 10.5 Å². The molecular formula is C7H3ClF3N3O3S. The van der Waals surface area contributed by atoms with Crippen LogP contribution in [-0.4, -0.2) is 19.8 Å². The summed E-state index contributed by atoms with van der Waals surface area (Å²) in [7, 11) is 0.526. The number of halogens is 4. The Kier molecular flexibility index (Phi) is 3.59. The van der Waals surface area contributed by atoms with Crippen molar-refractivity contribution in [2.45, 2.75) is 11.3 Å². The lowest BCUT2D eigenvalue weighted by Crippen LogP contribution is -2.20. The summed E-state index contributed by atoms with van der Waals surface area (Å²) in [5.74, 6) is -1.20. The van der Waals surface area contributed by atoms with Crippen LogP contribution in [0.2, 0.25) is 0 Å². The molecule has 1 rings (SSSR count). The third kappa shape index (κ3) is 3.14. The molecule has 0 radical (unpaired) electrons. The summed E-state index contributed by atoms with van der Waals surface area (Å²) in [6, 6.07) is 1.28. The Morgan fingerprint density at radius 3 is 2.44 bits per heavy atom. The molecular weight excluding hydrogens is 299 g/mol. The van der Waals surface area contributed by atoms with Gasteiger partial charge in [0.1, 0.15) is 11.0 Å². The third-order valence-corrected chi connectivity index (χ3v) is 2.97. The number of rotatable bonds is 2. The minimum absolute atomic E-state index is 0.569. The second kappa shape index (κ2) is 4.51. The molecule has 11 heteroatoms. The Morgan fingerprint density at radius 2 is 2.06 bits per heavy atom. The van der Waals surface area contributed by atoms with Gasteiger partial charge in [-0.1, -0.05) is 0 Å². The second-order valence-electron chi connectivity index (χ2n) is 2.81. The molecule has 0 amide bonds. The van der Waals surface area contributed by atoms with Gasteiger partial charge in [-0.05, 0) is 0 Å². The smallest absolute Gasteiger partial charge is 0.400 e. The van der Waals surface area contributed by atoms with E-state index in [4.69, 9.17) is 21.7 Å². The minimum atomic E-state index is -5.16. The maximum Gasteiger partial charge on any atom is 0.573 e. The number of nitrogen functional groups attached to an aromatic ring is 1. The first-order chi connectivity index (χ1) is 8.06. The van der Waals surface area contributed by atoms with Crippen molar-refractivity contribution in [2.75, 3.05) is 5.73 Å². The molecule has 1 heterocycles. The van der Waals surface area contributed by atoms with E-state index in [-0.39, 0.29) is 0 Å². The Morgan fingerprint density at radius 1 is 1.50 bits per heavy atom. The number of hydrogen-bond acceptors (Lipinski definition) is 6. The molecule has 0 spiro atoms. The summed E-state index contributed by atoms with van der Waals surface area (Å²) in [6.07, 6.45) is -4.59. The zero-order chi connectivity index (χ0) is 14.1. The van der Waals surface area contributed by atoms with E-state index in [1.807, 2.05) is 0 Å². The summed E-state index contributed by atoms with van der Waals surface area (Å²) in [5, 5.41) is 8.54. The van der Waals surface area contributed by atoms with Crippen LogP contribution in [0.15, 0.2) is 11.1 Å². The number of anilines is 1. The lowest BCUT2D eigenvalue weighted by atomic mass is 10.3. The first-order valence-corrected chi connectivity index (χ1v) is 6.26. The van der Waals surface area contributed by atoms with Crippen LogP contribution in [0.5, 0.6) is 5.75 Å². The monoisotopic (exact) mass is 301 g/mol. The van der Waals surface area contributed by atoms with E-state index < -0.39 is 37.4 Å². The van der Waals surface area contributed by atoms with Crippen molar-refractivity contribution in [1.29, 1.82) is 5.26 Å². The van der Waals surface area contributed by atoms with Crippen molar-refractivity contribution in [3.8, 4) is 11.8 Å². The van der Waals surface area contributed by atoms with Crippen molar-refractivity contribution < 1.29 is 26.3 Å². The van der Waals surface area contributed by atoms with Crippen LogP contribution in [0, 0.1) is 11.3 Å². The maximum atomic E-state index is 12.1. The van der Waals surface area contributed by atoms with E-state index in [0.29, 0.717) is 6.20 Å². The molecule has 0 saturated heterocycles. The number of ether oxygens (including phenoxy) is 1. The van der Waals surface area contributed by atoms with Crippen molar-refractivity contribution in [1.82, 2.24) is 4.98 Å². The van der Waals surface area contributed by atoms with Gasteiger partial charge in [0.2, 0.25) is 0 Å². The molecule has 0 fully saturated rings. The molecule has 0 aliphatic heterocycles. The van der Waals surface area contributed by atoms with Gasteiger partial charge in [-0.3, -0.25) is 0 Å². The van der Waals surface area contributed by atoms with Gasteiger partial charge >= 0.3 is 6.36 Å². The molecule has 0 aliphatic rings. The van der Waals surface area contributed by atoms with Gasteiger partial charge in [-0.25, -0.2) is 13.4 Å². The van der Waals surface area contributed by atoms with E-state index in [0.717, 1.165) is 0 Å². The summed E-state index contributed by atoms with van der Waals surface area (Å²) < 4.78 is 61.7. The van der Waals surface area contributed by atoms with Crippen molar-refractivity contribution >= 4 is 25.4 Å². The van der Waals surface area contributed by atoms with E-state index in [1.165, 1.54) is 6.07 Å². The summed E-state index contributed by atoms with van der Waals surface area (Å²) in [6.45, 7) is 0. The summed E-state index contributed by atoms with van der Waals surface area (Å²) >= 11 is 0. The van der Waals surface area contributed by atoms with Crippen LogP contribution in [0.25, 0.3) is 0 Å². The Labute approximate surface area is 103 Å². The average Bonchev–Trinajstić information content (AvgIpc) is 2.17. The van der Waals surface area contributed by atoms with Gasteiger partial charge in [0.15, 0.2) is 11.4 Å². The van der Waals surface area contributed by atoms with E-state index in [2.05, 4.69) is 9.72 Å². The van der Waals surface area contributed by atoms with Gasteiger partial charge in [0.25, 0.3) is 9.05 Å². The predicted molar refractivity (Wildman–Crippen MR) is 53.1 cm³/mol. The molecule has 1 aromatic rings. The molecule has 0 aromatic carbocycles. The fourth-order valence-electron chi connectivity index (χ4n) is 0.984. The van der Waals surface area contributed by atoms with Gasteiger partial charge in [-0.15, -0.1) is 13.2 Å². The summed E-state index contributed by atoms with van der Waals surface area (Å²) in [4.78, 5) is 2.31. The highest BCUT2D eigenvalue weighted by atomic mass is 35.7. The van der Waals surface area contributed by atoms with Crippen LogP contribution in [0.4, 0.5) is 18.9 Å². The number of nitrogens with zero attached hydrogens (tertiary/aromatic N) is 2. The number of alkyl halides is 3. The molecule has 2 N–H and O–H groups in total. The second-order valence-corrected chi connectivity index (χ2v) is 5.35. The normalized spacial score (nSPS) is 11.9. The number of pyridine rings is 1. The fraction of sp³-hybridized carbons (Fsp3) is 0.143. The lowest BCUT2D eigenvalue weighted by molar-refractivity contribution is -0.274. The molecule has 0 bridgehead atoms. The van der Waals surface area contributed by atoms with Crippen LogP contribution in [0.1, 0.15) is 5.69 Å². The van der Waals surface area contributed by atoms with Crippen molar-refractivity contribution in [3.05, 3.63) is 11.9 Å². The van der Waals surface area contributed by atoms with E-state index >= 15 is 0 Å². The zero-order valence-electron chi connectivity index (χ0n) is 8.19. The van der Waals surface area contributed by atoms with Gasteiger partial charge in [-0.2, -0.15) is 5.26 Å². The van der Waals surface area contributed by atoms with E-state index in [1.54, 1.807) is 0 Å². The minimum Gasteiger partial charge on any atom is -0.400 e. The maximum absolute atomic E-state index is 12.1. The molecule has 0 saturated carbocycles. The first kappa shape index (κ1) is 14.3. The Hall–Kier alpha value is -1.73. The standard InChI is InChI=1S/C7H3ClF3N3O3S/c8-18(15,16)4-2-14-3(1-12)6(5(4)13)17-7(9,10)11/h2H,(H2,13,14). The fourth-order valence-corrected chi connectivity index (χ4v) is 1.89. The van der Waals surface area contributed by atoms with Crippen LogP contribution in [0.3, 0.4) is 0 Å². The quantitative estimate of drug-likeness (QED) is 0.827. The molecule has 98 valence electrons. The predicted octanol–water partition coefficient (Wildman–Crippen LogP) is 1.36. The largest absolute Gasteiger partial charge is 0.573 e. The molecule has 6 nitrogen and oxygen atoms in total. The molecule has 0 unspecified atom stereocenters. The van der Waals surface area contributed by atoms with Crippen molar-refractivity contribution in [3.63, 3.8) is 0 Å². The van der Waals surface area contributed by atoms with Crippen molar-refractivity contribution in [2.24, 2.45) is 0 Å². The highest BCUT2D eigenvalue weighted by molar-refractivity contribution is 8.13. The third-order valence-electron chi connectivity index (χ3n) is 1.62. The number of hydrogen-bond donors (Lipinski definition) is 1. The first-order valence-electron chi connectivity index (χ1n) is 3.95. The molecule has 0 atom stereocenters. The Bertz CT molecular complexity index is 623. The van der Waals surface area contributed by atoms with E-state index in [9.17, 15) is 21.6 Å². The molecule has 1 aromatic heterocycles. The van der Waals surface area contributed by atoms with Crippen LogP contribution >= 0.6 is 10.7 Å². The zero-order valence-corrected chi connectivity index (χ0v) is 9.77. The topological polar surface area (TPSA) is 106 Å². The number of nitriles is 1. The SMILES string of the molecule is N#Cc1ncc(S(=O)(=O)Cl)c(N)c1OC(F)(F)F. The number of aromatic nitrogens is 1. The number of nitrogens with two attached hydrogens (primary N) is 1. The van der Waals surface area contributed by atoms with Gasteiger partial charge in [0, 0.05) is 10.7 Å². The Balaban J connectivity index is 3.53. The van der Waals surface area contributed by atoms with Gasteiger partial charge in [0.05, 0.1) is 11.9 Å². The molecule has 0 aliphatic carbocycles. The van der Waals surface area contributed by atoms with Crippen LogP contribution < -0.4 is 10.5 Å². The summed E-state index contributed by atoms with van der Waals surface area (Å²) in [5.41, 5.74) is 3.43. The average molecular weight is 302 g/mol. The lowest BCUT2D eigenvalue weighted by Gasteiger charge is -2.13. The van der Waals surface area contributed by atoms with Crippen LogP contribution in [-0.2, 0) is 9.05 Å². The highest BCUT2D eigenvalue weighted by Crippen LogP contribution is 2.35.